The summed E-state index contributed by atoms with van der Waals surface area (Å²) in [5, 5.41) is 8.82. The van der Waals surface area contributed by atoms with E-state index in [0.717, 1.165) is 6.20 Å². The molecular formula is C10H14N2O4S. The van der Waals surface area contributed by atoms with Crippen LogP contribution in [0.15, 0.2) is 15.8 Å². The SMILES string of the molecule is CCC(CSC)n1cc(C(=O)O)c(=O)[nH]c1=O. The molecule has 0 spiro atoms. The molecule has 0 aliphatic heterocycles. The number of carbonyl (C=O) groups is 1. The van der Waals surface area contributed by atoms with Crippen LogP contribution in [0.3, 0.4) is 0 Å². The number of hydrogen-bond donors (Lipinski definition) is 2. The maximum Gasteiger partial charge on any atom is 0.342 e. The van der Waals surface area contributed by atoms with Crippen molar-refractivity contribution in [2.24, 2.45) is 0 Å². The Hall–Kier alpha value is -1.50. The second-order valence-electron chi connectivity index (χ2n) is 3.53. The van der Waals surface area contributed by atoms with Crippen molar-refractivity contribution in [1.82, 2.24) is 9.55 Å². The summed E-state index contributed by atoms with van der Waals surface area (Å²) in [4.78, 5) is 35.7. The smallest absolute Gasteiger partial charge is 0.342 e. The average Bonchev–Trinajstić information content (AvgIpc) is 2.26. The van der Waals surface area contributed by atoms with Gasteiger partial charge in [-0.2, -0.15) is 11.8 Å². The van der Waals surface area contributed by atoms with E-state index in [4.69, 9.17) is 5.11 Å². The zero-order valence-electron chi connectivity index (χ0n) is 9.60. The molecule has 0 aliphatic rings. The summed E-state index contributed by atoms with van der Waals surface area (Å²) in [6.07, 6.45) is 3.71. The summed E-state index contributed by atoms with van der Waals surface area (Å²) in [5.74, 6) is -0.652. The van der Waals surface area contributed by atoms with Crippen LogP contribution in [0.5, 0.6) is 0 Å². The molecule has 0 bridgehead atoms. The molecule has 0 amide bonds. The number of hydrogen-bond acceptors (Lipinski definition) is 4. The van der Waals surface area contributed by atoms with Crippen LogP contribution in [0, 0.1) is 0 Å². The van der Waals surface area contributed by atoms with Gasteiger partial charge in [0.1, 0.15) is 5.56 Å². The highest BCUT2D eigenvalue weighted by atomic mass is 32.2. The number of nitrogens with zero attached hydrogens (tertiary/aromatic N) is 1. The predicted octanol–water partition coefficient (Wildman–Crippen LogP) is 0.549. The van der Waals surface area contributed by atoms with E-state index in [0.29, 0.717) is 12.2 Å². The van der Waals surface area contributed by atoms with Crippen molar-refractivity contribution in [3.8, 4) is 0 Å². The standard InChI is InChI=1S/C10H14N2O4S/c1-3-6(5-17-2)12-4-7(9(14)15)8(13)11-10(12)16/h4,6H,3,5H2,1-2H3,(H,14,15)(H,11,13,16). The minimum Gasteiger partial charge on any atom is -0.477 e. The van der Waals surface area contributed by atoms with Gasteiger partial charge in [-0.3, -0.25) is 14.3 Å². The lowest BCUT2D eigenvalue weighted by Gasteiger charge is -2.16. The van der Waals surface area contributed by atoms with E-state index in [1.807, 2.05) is 18.2 Å². The van der Waals surface area contributed by atoms with Gasteiger partial charge >= 0.3 is 11.7 Å². The van der Waals surface area contributed by atoms with E-state index in [2.05, 4.69) is 0 Å². The summed E-state index contributed by atoms with van der Waals surface area (Å²) < 4.78 is 1.28. The first-order chi connectivity index (χ1) is 8.01. The Morgan fingerprint density at radius 2 is 2.24 bits per heavy atom. The second-order valence-corrected chi connectivity index (χ2v) is 4.44. The van der Waals surface area contributed by atoms with Gasteiger partial charge in [0.25, 0.3) is 5.56 Å². The first-order valence-electron chi connectivity index (χ1n) is 5.09. The maximum absolute atomic E-state index is 11.6. The van der Waals surface area contributed by atoms with Gasteiger partial charge in [-0.1, -0.05) is 6.92 Å². The molecule has 1 aromatic rings. The van der Waals surface area contributed by atoms with E-state index in [1.54, 1.807) is 11.8 Å². The minimum atomic E-state index is -1.33. The third-order valence-corrected chi connectivity index (χ3v) is 3.14. The highest BCUT2D eigenvalue weighted by Crippen LogP contribution is 2.13. The number of nitrogens with one attached hydrogen (secondary N) is 1. The molecule has 6 nitrogen and oxygen atoms in total. The fourth-order valence-corrected chi connectivity index (χ4v) is 2.28. The normalized spacial score (nSPS) is 12.4. The summed E-state index contributed by atoms with van der Waals surface area (Å²) in [6, 6.07) is -0.118. The van der Waals surface area contributed by atoms with Crippen LogP contribution in [-0.4, -0.2) is 32.6 Å². The van der Waals surface area contributed by atoms with Gasteiger partial charge in [-0.25, -0.2) is 9.59 Å². The molecule has 94 valence electrons. The number of H-pyrrole nitrogens is 1. The molecule has 1 aromatic heterocycles. The molecule has 0 fully saturated rings. The Morgan fingerprint density at radius 3 is 2.71 bits per heavy atom. The quantitative estimate of drug-likeness (QED) is 0.804. The van der Waals surface area contributed by atoms with E-state index in [9.17, 15) is 14.4 Å². The van der Waals surface area contributed by atoms with E-state index in [-0.39, 0.29) is 6.04 Å². The molecule has 0 aromatic carbocycles. The van der Waals surface area contributed by atoms with Crippen molar-refractivity contribution in [3.05, 3.63) is 32.6 Å². The predicted molar refractivity (Wildman–Crippen MR) is 66.0 cm³/mol. The lowest BCUT2D eigenvalue weighted by Crippen LogP contribution is -2.35. The van der Waals surface area contributed by atoms with Crippen molar-refractivity contribution < 1.29 is 9.90 Å². The lowest BCUT2D eigenvalue weighted by molar-refractivity contribution is 0.0693. The highest BCUT2D eigenvalue weighted by Gasteiger charge is 2.15. The molecule has 7 heteroatoms. The number of aromatic carboxylic acids is 1. The monoisotopic (exact) mass is 258 g/mol. The number of carboxylic acid groups (broad SMARTS) is 1. The molecule has 1 rings (SSSR count). The summed E-state index contributed by atoms with van der Waals surface area (Å²) >= 11 is 1.56. The highest BCUT2D eigenvalue weighted by molar-refractivity contribution is 7.98. The minimum absolute atomic E-state index is 0.118. The lowest BCUT2D eigenvalue weighted by atomic mass is 10.2. The molecule has 17 heavy (non-hydrogen) atoms. The van der Waals surface area contributed by atoms with Gasteiger partial charge in [0.05, 0.1) is 0 Å². The molecule has 0 saturated heterocycles. The summed E-state index contributed by atoms with van der Waals surface area (Å²) in [7, 11) is 0. The molecule has 1 heterocycles. The number of thioether (sulfide) groups is 1. The molecule has 0 aliphatic carbocycles. The molecule has 2 N–H and O–H groups in total. The number of aromatic nitrogens is 2. The van der Waals surface area contributed by atoms with Crippen molar-refractivity contribution in [2.45, 2.75) is 19.4 Å². The maximum atomic E-state index is 11.6. The summed E-state index contributed by atoms with van der Waals surface area (Å²) in [6.45, 7) is 1.90. The molecule has 1 unspecified atom stereocenters. The zero-order valence-corrected chi connectivity index (χ0v) is 10.4. The van der Waals surface area contributed by atoms with Gasteiger partial charge in [-0.15, -0.1) is 0 Å². The fraction of sp³-hybridized carbons (Fsp3) is 0.500. The van der Waals surface area contributed by atoms with Crippen LogP contribution >= 0.6 is 11.8 Å². The Balaban J connectivity index is 3.33. The third-order valence-electron chi connectivity index (χ3n) is 2.42. The van der Waals surface area contributed by atoms with Crippen molar-refractivity contribution in [3.63, 3.8) is 0 Å². The third kappa shape index (κ3) is 3.00. The Morgan fingerprint density at radius 1 is 1.59 bits per heavy atom. The van der Waals surface area contributed by atoms with Crippen molar-refractivity contribution >= 4 is 17.7 Å². The Kier molecular flexibility index (Phi) is 4.56. The van der Waals surface area contributed by atoms with Crippen LogP contribution in [-0.2, 0) is 0 Å². The number of rotatable bonds is 5. The van der Waals surface area contributed by atoms with Crippen molar-refractivity contribution in [2.75, 3.05) is 12.0 Å². The van der Waals surface area contributed by atoms with Crippen LogP contribution in [0.1, 0.15) is 29.7 Å². The van der Waals surface area contributed by atoms with Crippen LogP contribution in [0.2, 0.25) is 0 Å². The number of carboxylic acids is 1. The van der Waals surface area contributed by atoms with Gasteiger partial charge in [0.15, 0.2) is 0 Å². The topological polar surface area (TPSA) is 92.2 Å². The van der Waals surface area contributed by atoms with Crippen LogP contribution in [0.25, 0.3) is 0 Å². The van der Waals surface area contributed by atoms with Crippen LogP contribution < -0.4 is 11.2 Å². The fourth-order valence-electron chi connectivity index (χ4n) is 1.50. The molecular weight excluding hydrogens is 244 g/mol. The van der Waals surface area contributed by atoms with Gasteiger partial charge in [0.2, 0.25) is 0 Å². The largest absolute Gasteiger partial charge is 0.477 e. The molecule has 1 atom stereocenters. The summed E-state index contributed by atoms with van der Waals surface area (Å²) in [5.41, 5.74) is -1.84. The van der Waals surface area contributed by atoms with Crippen molar-refractivity contribution in [1.29, 1.82) is 0 Å². The van der Waals surface area contributed by atoms with E-state index >= 15 is 0 Å². The Bertz CT molecular complexity index is 520. The van der Waals surface area contributed by atoms with Gasteiger partial charge < -0.3 is 5.11 Å². The van der Waals surface area contributed by atoms with E-state index < -0.39 is 22.8 Å². The van der Waals surface area contributed by atoms with Gasteiger partial charge in [0, 0.05) is 18.0 Å². The first kappa shape index (κ1) is 13.6. The molecule has 0 radical (unpaired) electrons. The van der Waals surface area contributed by atoms with Gasteiger partial charge in [-0.05, 0) is 12.7 Å². The Labute approximate surface area is 102 Å². The zero-order chi connectivity index (χ0) is 13.0. The first-order valence-corrected chi connectivity index (χ1v) is 6.48. The average molecular weight is 258 g/mol. The van der Waals surface area contributed by atoms with Crippen LogP contribution in [0.4, 0.5) is 0 Å². The second kappa shape index (κ2) is 5.72. The number of aromatic amines is 1. The van der Waals surface area contributed by atoms with E-state index in [1.165, 1.54) is 4.57 Å². The molecule has 0 saturated carbocycles.